The fourth-order valence-electron chi connectivity index (χ4n) is 3.85. The van der Waals surface area contributed by atoms with Crippen LogP contribution >= 0.6 is 0 Å². The molecule has 2 N–H and O–H groups in total. The molecule has 0 heterocycles. The topological polar surface area (TPSA) is 142 Å². The molecule has 0 saturated carbocycles. The Labute approximate surface area is 265 Å². The number of hydrogen-bond acceptors (Lipinski definition) is 6. The average Bonchev–Trinajstić information content (AvgIpc) is 2.81. The van der Waals surface area contributed by atoms with Crippen LogP contribution in [0.25, 0.3) is 0 Å². The van der Waals surface area contributed by atoms with Crippen molar-refractivity contribution in [2.24, 2.45) is 4.99 Å². The minimum Gasteiger partial charge on any atom is -0.862 e. The normalized spacial score (nSPS) is 11.7. The Kier molecular flexibility index (Phi) is 23.8. The van der Waals surface area contributed by atoms with E-state index in [9.17, 15) is 29.7 Å². The van der Waals surface area contributed by atoms with Crippen molar-refractivity contribution >= 4 is 23.7 Å². The van der Waals surface area contributed by atoms with E-state index < -0.39 is 23.9 Å². The van der Waals surface area contributed by atoms with Gasteiger partial charge < -0.3 is 30.4 Å². The molecule has 1 aromatic carbocycles. The summed E-state index contributed by atoms with van der Waals surface area (Å²) in [4.78, 5) is 39.4. The minimum absolute atomic E-state index is 0. The predicted octanol–water partition coefficient (Wildman–Crippen LogP) is -2.60. The number of nitrogens with one attached hydrogen (secondary N) is 1. The molecule has 10 heteroatoms. The molecule has 0 aromatic heterocycles. The molecule has 37 heavy (non-hydrogen) atoms. The number of hydrogen-bond donors (Lipinski definition) is 2. The largest absolute Gasteiger partial charge is 1.00 e. The summed E-state index contributed by atoms with van der Waals surface area (Å²) in [6, 6.07) is 3.02. The number of benzene rings is 1. The van der Waals surface area contributed by atoms with E-state index in [1.54, 1.807) is 6.92 Å². The van der Waals surface area contributed by atoms with Gasteiger partial charge in [-0.25, -0.2) is 4.79 Å². The van der Waals surface area contributed by atoms with E-state index in [0.29, 0.717) is 31.4 Å². The van der Waals surface area contributed by atoms with Gasteiger partial charge in [0, 0.05) is 17.7 Å². The summed E-state index contributed by atoms with van der Waals surface area (Å²) in [5, 5.41) is 35.0. The average molecular weight is 535 g/mol. The molecule has 0 unspecified atom stereocenters. The number of carbonyl (C=O) groups is 3. The summed E-state index contributed by atoms with van der Waals surface area (Å²) in [6.07, 6.45) is 12.2. The van der Waals surface area contributed by atoms with E-state index in [1.165, 1.54) is 56.7 Å². The van der Waals surface area contributed by atoms with Crippen LogP contribution in [-0.2, 0) is 4.79 Å². The van der Waals surface area contributed by atoms with E-state index in [0.717, 1.165) is 19.3 Å². The molecular weight excluding hydrogens is 494 g/mol. The molecule has 1 rings (SSSR count). The fraction of sp³-hybridized carbons (Fsp3) is 0.630. The Balaban J connectivity index is 0. The molecule has 0 spiro atoms. The van der Waals surface area contributed by atoms with Crippen LogP contribution in [0, 0.1) is 6.92 Å². The molecule has 0 fully saturated rings. The molecule has 1 amide bonds. The first-order chi connectivity index (χ1) is 16.8. The van der Waals surface area contributed by atoms with Crippen molar-refractivity contribution in [1.29, 1.82) is 0 Å². The third-order valence-corrected chi connectivity index (χ3v) is 5.93. The number of aryl methyl sites for hydroxylation is 1. The minimum atomic E-state index is -1.50. The van der Waals surface area contributed by atoms with Crippen LogP contribution in [0.2, 0.25) is 0 Å². The third kappa shape index (κ3) is 17.3. The number of amides is 1. The Morgan fingerprint density at radius 1 is 0.892 bits per heavy atom. The van der Waals surface area contributed by atoms with Crippen LogP contribution in [0.5, 0.6) is 0 Å². The van der Waals surface area contributed by atoms with Gasteiger partial charge in [-0.1, -0.05) is 76.0 Å². The number of aromatic carboxylic acids is 1. The van der Waals surface area contributed by atoms with Crippen LogP contribution in [0.3, 0.4) is 0 Å². The maximum Gasteiger partial charge on any atom is 1.00 e. The van der Waals surface area contributed by atoms with Crippen molar-refractivity contribution in [3.8, 4) is 0 Å². The van der Waals surface area contributed by atoms with Gasteiger partial charge in [-0.15, -0.1) is 0 Å². The van der Waals surface area contributed by atoms with Gasteiger partial charge >= 0.3 is 65.1 Å². The van der Waals surface area contributed by atoms with Gasteiger partial charge in [0.1, 0.15) is 6.04 Å². The van der Waals surface area contributed by atoms with Crippen molar-refractivity contribution in [2.75, 3.05) is 6.54 Å². The predicted molar refractivity (Wildman–Crippen MR) is 132 cm³/mol. The second-order valence-corrected chi connectivity index (χ2v) is 9.05. The smallest absolute Gasteiger partial charge is 0.862 e. The Hall–Kier alpha value is -0.900. The van der Waals surface area contributed by atoms with Gasteiger partial charge in [-0.2, -0.15) is 0 Å². The van der Waals surface area contributed by atoms with Gasteiger partial charge in [0.2, 0.25) is 0 Å². The Bertz CT molecular complexity index is 848. The maximum absolute atomic E-state index is 12.5. The zero-order valence-electron chi connectivity index (χ0n) is 23.1. The van der Waals surface area contributed by atoms with Crippen LogP contribution in [0.1, 0.15) is 117 Å². The van der Waals surface area contributed by atoms with Crippen molar-refractivity contribution in [3.05, 3.63) is 34.9 Å². The van der Waals surface area contributed by atoms with Gasteiger partial charge in [0.05, 0.1) is 5.97 Å². The second kappa shape index (κ2) is 23.0. The van der Waals surface area contributed by atoms with E-state index >= 15 is 0 Å². The summed E-state index contributed by atoms with van der Waals surface area (Å²) in [6.45, 7) is 4.23. The van der Waals surface area contributed by atoms with Crippen LogP contribution in [0.4, 0.5) is 0 Å². The zero-order valence-corrected chi connectivity index (χ0v) is 27.1. The summed E-state index contributed by atoms with van der Waals surface area (Å²) in [7, 11) is 0. The van der Waals surface area contributed by atoms with Crippen LogP contribution in [-0.4, -0.2) is 41.4 Å². The molecule has 1 aromatic rings. The quantitative estimate of drug-likeness (QED) is 0.0863. The summed E-state index contributed by atoms with van der Waals surface area (Å²) in [5.41, 5.74) is 0.246. The molecule has 196 valence electrons. The van der Waals surface area contributed by atoms with E-state index in [-0.39, 0.29) is 82.6 Å². The van der Waals surface area contributed by atoms with E-state index in [4.69, 9.17) is 0 Å². The number of unbranched alkanes of at least 4 members (excludes halogenated alkanes) is 9. The second-order valence-electron chi connectivity index (χ2n) is 9.05. The molecule has 0 aliphatic heterocycles. The Morgan fingerprint density at radius 2 is 1.49 bits per heavy atom. The number of aliphatic carboxylic acids is 1. The standard InChI is InChI=1S/C27H42N2O6.2Na/c1-3-4-5-6-7-8-9-10-11-15-24(30)28-18-13-12-14-23(27(34)35)29-25(31)22-19-20(2)16-17-21(22)26(32)33;;/h16-17,19,23H,3-15,18H2,1-2H3,(H,28,30)(H,29,31)(H,32,33)(H,34,35);;/q;2*+1/p-2/t23-;;/m0../s1. The SMILES string of the molecule is CCCCCCCCCCCC([O-])=NCCCC[C@H](NC(=O)c1cc(C)ccc1C(=O)[O-])C(=O)O.[Na+].[Na+]. The Morgan fingerprint density at radius 3 is 2.05 bits per heavy atom. The number of rotatable bonds is 19. The first-order valence-corrected chi connectivity index (χ1v) is 12.8. The molecule has 0 bridgehead atoms. The fourth-order valence-corrected chi connectivity index (χ4v) is 3.85. The van der Waals surface area contributed by atoms with Gasteiger partial charge in [-0.05, 0) is 51.0 Å². The molecule has 0 radical (unpaired) electrons. The summed E-state index contributed by atoms with van der Waals surface area (Å²) >= 11 is 0. The zero-order chi connectivity index (χ0) is 26.1. The maximum atomic E-state index is 12.5. The van der Waals surface area contributed by atoms with Crippen molar-refractivity contribution < 1.29 is 88.8 Å². The van der Waals surface area contributed by atoms with Crippen molar-refractivity contribution in [3.63, 3.8) is 0 Å². The van der Waals surface area contributed by atoms with Gasteiger partial charge in [-0.3, -0.25) is 4.79 Å². The third-order valence-electron chi connectivity index (χ3n) is 5.93. The van der Waals surface area contributed by atoms with E-state index in [1.807, 2.05) is 0 Å². The molecule has 0 saturated heterocycles. The van der Waals surface area contributed by atoms with Crippen LogP contribution < -0.4 is 74.6 Å². The van der Waals surface area contributed by atoms with Crippen molar-refractivity contribution in [2.45, 2.75) is 103 Å². The monoisotopic (exact) mass is 534 g/mol. The number of carboxylic acid groups (broad SMARTS) is 2. The van der Waals surface area contributed by atoms with Crippen molar-refractivity contribution in [1.82, 2.24) is 5.32 Å². The summed E-state index contributed by atoms with van der Waals surface area (Å²) < 4.78 is 0. The first-order valence-electron chi connectivity index (χ1n) is 12.8. The number of nitrogens with zero attached hydrogens (tertiary/aromatic N) is 1. The number of carboxylic acids is 2. The molecule has 8 nitrogen and oxygen atoms in total. The molecule has 1 atom stereocenters. The number of carbonyl (C=O) groups excluding carboxylic acids is 2. The molecule has 0 aliphatic carbocycles. The number of aliphatic imine (C=N–C) groups is 1. The van der Waals surface area contributed by atoms with Gasteiger partial charge in [0.25, 0.3) is 5.91 Å². The molecule has 0 aliphatic rings. The van der Waals surface area contributed by atoms with Gasteiger partial charge in [0.15, 0.2) is 0 Å². The van der Waals surface area contributed by atoms with Crippen LogP contribution in [0.15, 0.2) is 23.2 Å². The first kappa shape index (κ1) is 38.2. The molecular formula is C27H40N2Na2O6. The van der Waals surface area contributed by atoms with E-state index in [2.05, 4.69) is 17.2 Å². The summed E-state index contributed by atoms with van der Waals surface area (Å²) in [5.74, 6) is -3.61.